The van der Waals surface area contributed by atoms with Crippen molar-refractivity contribution in [1.29, 1.82) is 0 Å². The third kappa shape index (κ3) is 6.41. The van der Waals surface area contributed by atoms with Gasteiger partial charge in [0.05, 0.1) is 0 Å². The van der Waals surface area contributed by atoms with Gasteiger partial charge in [0, 0.05) is 11.8 Å². The molecule has 1 heterocycles. The van der Waals surface area contributed by atoms with Gasteiger partial charge in [0.2, 0.25) is 0 Å². The van der Waals surface area contributed by atoms with Crippen LogP contribution in [0.4, 0.5) is 0 Å². The number of rotatable bonds is 10. The molecule has 1 rings (SSSR count). The number of hydrogen-bond donors (Lipinski definition) is 1. The summed E-state index contributed by atoms with van der Waals surface area (Å²) in [6.07, 6.45) is 6.99. The highest BCUT2D eigenvalue weighted by Crippen LogP contribution is 2.27. The Morgan fingerprint density at radius 2 is 2.06 bits per heavy atom. The van der Waals surface area contributed by atoms with Crippen LogP contribution < -0.4 is 5.32 Å². The third-order valence-electron chi connectivity index (χ3n) is 2.66. The van der Waals surface area contributed by atoms with Crippen molar-refractivity contribution in [3.8, 4) is 0 Å². The van der Waals surface area contributed by atoms with Crippen molar-refractivity contribution in [3.05, 3.63) is 0 Å². The van der Waals surface area contributed by atoms with Gasteiger partial charge >= 0.3 is 0 Å². The van der Waals surface area contributed by atoms with Crippen molar-refractivity contribution in [2.75, 3.05) is 18.6 Å². The second kappa shape index (κ2) is 10.1. The Morgan fingerprint density at radius 3 is 2.67 bits per heavy atom. The summed E-state index contributed by atoms with van der Waals surface area (Å²) in [6, 6.07) is 0.682. The predicted octanol–water partition coefficient (Wildman–Crippen LogP) is 3.91. The van der Waals surface area contributed by atoms with Gasteiger partial charge < -0.3 is 5.32 Å². The fraction of sp³-hybridized carbons (Fsp3) is 0.833. The van der Waals surface area contributed by atoms with E-state index in [9.17, 15) is 0 Å². The zero-order chi connectivity index (χ0) is 13.2. The topological polar surface area (TPSA) is 37.8 Å². The van der Waals surface area contributed by atoms with E-state index in [0.29, 0.717) is 6.04 Å². The molecule has 1 N–H and O–H groups in total. The predicted molar refractivity (Wildman–Crippen MR) is 84.0 cm³/mol. The van der Waals surface area contributed by atoms with Gasteiger partial charge in [-0.2, -0.15) is 0 Å². The first-order valence-electron chi connectivity index (χ1n) is 6.53. The van der Waals surface area contributed by atoms with E-state index in [-0.39, 0.29) is 0 Å². The molecular weight excluding hydrogens is 282 g/mol. The molecule has 0 aliphatic heterocycles. The molecule has 1 unspecified atom stereocenters. The minimum atomic E-state index is 0.682. The summed E-state index contributed by atoms with van der Waals surface area (Å²) in [5.74, 6) is 1.15. The van der Waals surface area contributed by atoms with Gasteiger partial charge in [-0.05, 0) is 38.5 Å². The summed E-state index contributed by atoms with van der Waals surface area (Å²) < 4.78 is 2.17. The van der Waals surface area contributed by atoms with E-state index in [1.54, 1.807) is 23.1 Å². The second-order valence-corrected chi connectivity index (χ2v) is 7.46. The van der Waals surface area contributed by atoms with E-state index < -0.39 is 0 Å². The maximum Gasteiger partial charge on any atom is 0.175 e. The molecule has 0 radical (unpaired) electrons. The normalized spacial score (nSPS) is 12.8. The number of thioether (sulfide) groups is 2. The van der Waals surface area contributed by atoms with Gasteiger partial charge in [0.25, 0.3) is 0 Å². The molecule has 0 aliphatic rings. The van der Waals surface area contributed by atoms with E-state index in [1.165, 1.54) is 25.7 Å². The Kier molecular flexibility index (Phi) is 9.10. The van der Waals surface area contributed by atoms with Crippen LogP contribution in [0.15, 0.2) is 8.68 Å². The smallest absolute Gasteiger partial charge is 0.175 e. The van der Waals surface area contributed by atoms with Crippen LogP contribution in [0.1, 0.15) is 39.5 Å². The van der Waals surface area contributed by atoms with Gasteiger partial charge in [-0.25, -0.2) is 0 Å². The monoisotopic (exact) mass is 305 g/mol. The third-order valence-corrected chi connectivity index (χ3v) is 5.78. The Bertz CT molecular complexity index is 317. The highest BCUT2D eigenvalue weighted by atomic mass is 32.2. The van der Waals surface area contributed by atoms with E-state index in [0.717, 1.165) is 21.0 Å². The lowest BCUT2D eigenvalue weighted by atomic mass is 10.1. The van der Waals surface area contributed by atoms with Crippen LogP contribution in [0.3, 0.4) is 0 Å². The van der Waals surface area contributed by atoms with Crippen LogP contribution in [0, 0.1) is 0 Å². The molecule has 0 aliphatic carbocycles. The maximum absolute atomic E-state index is 4.17. The number of hydrogen-bond acceptors (Lipinski definition) is 6. The average molecular weight is 306 g/mol. The zero-order valence-corrected chi connectivity index (χ0v) is 13.9. The van der Waals surface area contributed by atoms with E-state index >= 15 is 0 Å². The SMILES string of the molecule is CCCNC(CC)CCCSc1nnc(SC)s1. The van der Waals surface area contributed by atoms with Crippen LogP contribution in [0.2, 0.25) is 0 Å². The molecule has 1 aromatic rings. The summed E-state index contributed by atoms with van der Waals surface area (Å²) in [5, 5.41) is 11.9. The lowest BCUT2D eigenvalue weighted by Crippen LogP contribution is -2.29. The van der Waals surface area contributed by atoms with Crippen LogP contribution in [0.5, 0.6) is 0 Å². The molecule has 104 valence electrons. The Labute approximate surface area is 123 Å². The van der Waals surface area contributed by atoms with Crippen molar-refractivity contribution >= 4 is 34.9 Å². The van der Waals surface area contributed by atoms with Gasteiger partial charge in [-0.15, -0.1) is 10.2 Å². The van der Waals surface area contributed by atoms with Crippen molar-refractivity contribution in [2.45, 2.75) is 54.3 Å². The molecule has 0 saturated heterocycles. The fourth-order valence-corrected chi connectivity index (χ4v) is 4.10. The van der Waals surface area contributed by atoms with Crippen LogP contribution in [-0.2, 0) is 0 Å². The molecule has 6 heteroatoms. The largest absolute Gasteiger partial charge is 0.314 e. The number of aromatic nitrogens is 2. The maximum atomic E-state index is 4.17. The Balaban J connectivity index is 2.13. The lowest BCUT2D eigenvalue weighted by Gasteiger charge is -2.15. The first kappa shape index (κ1) is 16.3. The van der Waals surface area contributed by atoms with Crippen LogP contribution in [0.25, 0.3) is 0 Å². The summed E-state index contributed by atoms with van der Waals surface area (Å²) in [7, 11) is 0. The van der Waals surface area contributed by atoms with E-state index in [2.05, 4.69) is 29.4 Å². The molecule has 0 spiro atoms. The van der Waals surface area contributed by atoms with Gasteiger partial charge in [-0.3, -0.25) is 0 Å². The van der Waals surface area contributed by atoms with Gasteiger partial charge in [0.1, 0.15) is 0 Å². The fourth-order valence-electron chi connectivity index (χ4n) is 1.63. The summed E-state index contributed by atoms with van der Waals surface area (Å²) in [4.78, 5) is 0. The highest BCUT2D eigenvalue weighted by molar-refractivity contribution is 8.02. The van der Waals surface area contributed by atoms with Crippen LogP contribution in [-0.4, -0.2) is 34.8 Å². The van der Waals surface area contributed by atoms with Crippen molar-refractivity contribution in [1.82, 2.24) is 15.5 Å². The molecule has 1 atom stereocenters. The highest BCUT2D eigenvalue weighted by Gasteiger charge is 2.06. The standard InChI is InChI=1S/C12H23N3S3/c1-4-8-13-10(5-2)7-6-9-17-12-15-14-11(16-3)18-12/h10,13H,4-9H2,1-3H3. The van der Waals surface area contributed by atoms with Gasteiger partial charge in [0.15, 0.2) is 8.68 Å². The molecule has 0 fully saturated rings. The molecule has 3 nitrogen and oxygen atoms in total. The van der Waals surface area contributed by atoms with Crippen molar-refractivity contribution < 1.29 is 0 Å². The molecule has 0 aromatic carbocycles. The number of nitrogens with one attached hydrogen (secondary N) is 1. The van der Waals surface area contributed by atoms with Crippen molar-refractivity contribution in [2.24, 2.45) is 0 Å². The average Bonchev–Trinajstić information content (AvgIpc) is 2.86. The first-order valence-corrected chi connectivity index (χ1v) is 9.56. The summed E-state index contributed by atoms with van der Waals surface area (Å²) >= 11 is 5.20. The molecular formula is C12H23N3S3. The summed E-state index contributed by atoms with van der Waals surface area (Å²) in [5.41, 5.74) is 0. The minimum Gasteiger partial charge on any atom is -0.314 e. The molecule has 0 saturated carbocycles. The molecule has 0 bridgehead atoms. The second-order valence-electron chi connectivity index (χ2n) is 4.09. The minimum absolute atomic E-state index is 0.682. The first-order chi connectivity index (χ1) is 8.80. The quantitative estimate of drug-likeness (QED) is 0.524. The van der Waals surface area contributed by atoms with Crippen LogP contribution >= 0.6 is 34.9 Å². The van der Waals surface area contributed by atoms with Crippen molar-refractivity contribution in [3.63, 3.8) is 0 Å². The molecule has 1 aromatic heterocycles. The molecule has 0 amide bonds. The van der Waals surface area contributed by atoms with E-state index in [4.69, 9.17) is 0 Å². The Morgan fingerprint density at radius 1 is 1.28 bits per heavy atom. The molecule has 18 heavy (non-hydrogen) atoms. The van der Waals surface area contributed by atoms with Gasteiger partial charge in [-0.1, -0.05) is 48.7 Å². The number of nitrogens with zero attached hydrogens (tertiary/aromatic N) is 2. The lowest BCUT2D eigenvalue weighted by molar-refractivity contribution is 0.465. The Hall–Kier alpha value is 0.220. The summed E-state index contributed by atoms with van der Waals surface area (Å²) in [6.45, 7) is 5.61. The zero-order valence-electron chi connectivity index (χ0n) is 11.4. The van der Waals surface area contributed by atoms with E-state index in [1.807, 2.05) is 18.0 Å².